The van der Waals surface area contributed by atoms with Crippen molar-refractivity contribution in [1.82, 2.24) is 10.2 Å². The number of hydrogen-bond donors (Lipinski definition) is 1. The zero-order valence-electron chi connectivity index (χ0n) is 14.6. The standard InChI is InChI=1S/C18H34N2O/c1-13(2)11-15-17(21)20(16(19-15)14(3)4)12-18(5)9-7-6-8-10-18/h13-16,19H,6-12H2,1-5H3. The van der Waals surface area contributed by atoms with Crippen LogP contribution in [0.25, 0.3) is 0 Å². The molecule has 1 heterocycles. The normalized spacial score (nSPS) is 29.7. The van der Waals surface area contributed by atoms with E-state index in [-0.39, 0.29) is 12.2 Å². The van der Waals surface area contributed by atoms with Gasteiger partial charge < -0.3 is 4.90 Å². The lowest BCUT2D eigenvalue weighted by molar-refractivity contribution is -0.132. The molecule has 2 rings (SSSR count). The van der Waals surface area contributed by atoms with Gasteiger partial charge in [-0.15, -0.1) is 0 Å². The van der Waals surface area contributed by atoms with Gasteiger partial charge in [0.15, 0.2) is 0 Å². The van der Waals surface area contributed by atoms with Crippen molar-refractivity contribution in [2.75, 3.05) is 6.54 Å². The highest BCUT2D eigenvalue weighted by atomic mass is 16.2. The van der Waals surface area contributed by atoms with Crippen LogP contribution < -0.4 is 5.32 Å². The Morgan fingerprint density at radius 3 is 2.33 bits per heavy atom. The Hall–Kier alpha value is -0.570. The lowest BCUT2D eigenvalue weighted by atomic mass is 9.75. The highest BCUT2D eigenvalue weighted by Gasteiger charge is 2.43. The number of rotatable bonds is 5. The molecule has 1 saturated carbocycles. The summed E-state index contributed by atoms with van der Waals surface area (Å²) >= 11 is 0. The molecule has 122 valence electrons. The van der Waals surface area contributed by atoms with Gasteiger partial charge >= 0.3 is 0 Å². The fourth-order valence-corrected chi connectivity index (χ4v) is 4.05. The van der Waals surface area contributed by atoms with Crippen LogP contribution in [-0.2, 0) is 4.79 Å². The highest BCUT2D eigenvalue weighted by Crippen LogP contribution is 2.38. The molecular weight excluding hydrogens is 260 g/mol. The molecule has 1 N–H and O–H groups in total. The number of amides is 1. The van der Waals surface area contributed by atoms with Crippen molar-refractivity contribution < 1.29 is 4.79 Å². The number of hydrogen-bond acceptors (Lipinski definition) is 2. The Balaban J connectivity index is 2.08. The molecule has 3 nitrogen and oxygen atoms in total. The SMILES string of the molecule is CC(C)CC1NC(C(C)C)N(CC2(C)CCCCC2)C1=O. The first-order valence-electron chi connectivity index (χ1n) is 8.89. The molecule has 1 amide bonds. The summed E-state index contributed by atoms with van der Waals surface area (Å²) in [6.07, 6.45) is 7.75. The second-order valence-corrected chi connectivity index (χ2v) is 8.38. The van der Waals surface area contributed by atoms with Gasteiger partial charge in [0.25, 0.3) is 0 Å². The third kappa shape index (κ3) is 4.00. The summed E-state index contributed by atoms with van der Waals surface area (Å²) in [5.41, 5.74) is 0.329. The number of nitrogens with zero attached hydrogens (tertiary/aromatic N) is 1. The summed E-state index contributed by atoms with van der Waals surface area (Å²) < 4.78 is 0. The van der Waals surface area contributed by atoms with Gasteiger partial charge in [-0.1, -0.05) is 53.9 Å². The van der Waals surface area contributed by atoms with Crippen LogP contribution in [0.15, 0.2) is 0 Å². The first-order valence-corrected chi connectivity index (χ1v) is 8.89. The molecule has 0 aromatic rings. The van der Waals surface area contributed by atoms with Crippen molar-refractivity contribution in [1.29, 1.82) is 0 Å². The molecule has 2 atom stereocenters. The summed E-state index contributed by atoms with van der Waals surface area (Å²) in [6, 6.07) is 0.0320. The van der Waals surface area contributed by atoms with Crippen LogP contribution in [0.1, 0.15) is 73.1 Å². The molecule has 0 spiro atoms. The summed E-state index contributed by atoms with van der Waals surface area (Å²) in [5, 5.41) is 3.60. The summed E-state index contributed by atoms with van der Waals surface area (Å²) in [4.78, 5) is 15.0. The van der Waals surface area contributed by atoms with E-state index >= 15 is 0 Å². The Bertz CT molecular complexity index is 358. The molecule has 1 aliphatic carbocycles. The minimum absolute atomic E-state index is 0.0320. The maximum Gasteiger partial charge on any atom is 0.241 e. The van der Waals surface area contributed by atoms with Crippen LogP contribution in [0.2, 0.25) is 0 Å². The van der Waals surface area contributed by atoms with Crippen molar-refractivity contribution in [3.63, 3.8) is 0 Å². The monoisotopic (exact) mass is 294 g/mol. The van der Waals surface area contributed by atoms with Gasteiger partial charge in [0.1, 0.15) is 0 Å². The van der Waals surface area contributed by atoms with Crippen LogP contribution in [0.5, 0.6) is 0 Å². The smallest absolute Gasteiger partial charge is 0.241 e. The van der Waals surface area contributed by atoms with E-state index in [2.05, 4.69) is 44.8 Å². The van der Waals surface area contributed by atoms with E-state index in [1.807, 2.05) is 0 Å². The Labute approximate surface area is 130 Å². The van der Waals surface area contributed by atoms with E-state index in [4.69, 9.17) is 0 Å². The molecule has 1 aliphatic heterocycles. The zero-order valence-corrected chi connectivity index (χ0v) is 14.6. The maximum atomic E-state index is 12.8. The summed E-state index contributed by atoms with van der Waals surface area (Å²) in [6.45, 7) is 12.2. The number of carbonyl (C=O) groups excluding carboxylic acids is 1. The van der Waals surface area contributed by atoms with E-state index < -0.39 is 0 Å². The van der Waals surface area contributed by atoms with E-state index in [0.717, 1.165) is 13.0 Å². The van der Waals surface area contributed by atoms with Crippen LogP contribution in [0.3, 0.4) is 0 Å². The summed E-state index contributed by atoms with van der Waals surface area (Å²) in [5.74, 6) is 1.37. The van der Waals surface area contributed by atoms with Gasteiger partial charge in [-0.25, -0.2) is 0 Å². The molecule has 21 heavy (non-hydrogen) atoms. The Kier molecular flexibility index (Phi) is 5.34. The number of carbonyl (C=O) groups is 1. The minimum atomic E-state index is 0.0320. The Morgan fingerprint density at radius 1 is 1.19 bits per heavy atom. The molecule has 3 heteroatoms. The van der Waals surface area contributed by atoms with E-state index in [0.29, 0.717) is 23.2 Å². The molecule has 2 fully saturated rings. The van der Waals surface area contributed by atoms with E-state index in [1.165, 1.54) is 32.1 Å². The quantitative estimate of drug-likeness (QED) is 0.837. The van der Waals surface area contributed by atoms with Gasteiger partial charge in [0.05, 0.1) is 12.2 Å². The van der Waals surface area contributed by atoms with Gasteiger partial charge in [-0.2, -0.15) is 0 Å². The van der Waals surface area contributed by atoms with Crippen molar-refractivity contribution in [3.8, 4) is 0 Å². The predicted octanol–water partition coefficient (Wildman–Crippen LogP) is 3.79. The third-order valence-corrected chi connectivity index (χ3v) is 5.24. The van der Waals surface area contributed by atoms with E-state index in [1.54, 1.807) is 0 Å². The highest BCUT2D eigenvalue weighted by molar-refractivity contribution is 5.84. The van der Waals surface area contributed by atoms with E-state index in [9.17, 15) is 4.79 Å². The van der Waals surface area contributed by atoms with Crippen LogP contribution in [0.4, 0.5) is 0 Å². The topological polar surface area (TPSA) is 32.3 Å². The van der Waals surface area contributed by atoms with Crippen molar-refractivity contribution in [2.45, 2.75) is 85.4 Å². The first kappa shape index (κ1) is 16.8. The molecule has 2 unspecified atom stereocenters. The van der Waals surface area contributed by atoms with Gasteiger partial charge in [0, 0.05) is 6.54 Å². The van der Waals surface area contributed by atoms with Gasteiger partial charge in [0.2, 0.25) is 5.91 Å². The second kappa shape index (κ2) is 6.68. The molecule has 0 bridgehead atoms. The van der Waals surface area contributed by atoms with Crippen molar-refractivity contribution in [2.24, 2.45) is 17.3 Å². The second-order valence-electron chi connectivity index (χ2n) is 8.38. The minimum Gasteiger partial charge on any atom is -0.325 e. The average Bonchev–Trinajstić information content (AvgIpc) is 2.68. The fraction of sp³-hybridized carbons (Fsp3) is 0.944. The molecule has 0 aromatic carbocycles. The predicted molar refractivity (Wildman–Crippen MR) is 87.9 cm³/mol. The average molecular weight is 294 g/mol. The van der Waals surface area contributed by atoms with Crippen LogP contribution in [-0.4, -0.2) is 29.6 Å². The van der Waals surface area contributed by atoms with Crippen LogP contribution in [0, 0.1) is 17.3 Å². The largest absolute Gasteiger partial charge is 0.325 e. The van der Waals surface area contributed by atoms with Crippen molar-refractivity contribution in [3.05, 3.63) is 0 Å². The third-order valence-electron chi connectivity index (χ3n) is 5.24. The van der Waals surface area contributed by atoms with Crippen molar-refractivity contribution >= 4 is 5.91 Å². The first-order chi connectivity index (χ1) is 9.82. The molecular formula is C18H34N2O. The van der Waals surface area contributed by atoms with Gasteiger partial charge in [-0.3, -0.25) is 10.1 Å². The lowest BCUT2D eigenvalue weighted by Crippen LogP contribution is -2.46. The molecule has 0 aromatic heterocycles. The van der Waals surface area contributed by atoms with Crippen LogP contribution >= 0.6 is 0 Å². The molecule has 1 saturated heterocycles. The lowest BCUT2D eigenvalue weighted by Gasteiger charge is -2.39. The molecule has 0 radical (unpaired) electrons. The fourth-order valence-electron chi connectivity index (χ4n) is 4.05. The summed E-state index contributed by atoms with van der Waals surface area (Å²) in [7, 11) is 0. The van der Waals surface area contributed by atoms with Gasteiger partial charge in [-0.05, 0) is 36.5 Å². The Morgan fingerprint density at radius 2 is 1.81 bits per heavy atom. The number of nitrogens with one attached hydrogen (secondary N) is 1. The zero-order chi connectivity index (χ0) is 15.6. The molecule has 2 aliphatic rings. The maximum absolute atomic E-state index is 12.8.